The molecule has 0 saturated carbocycles. The van der Waals surface area contributed by atoms with Crippen LogP contribution in [0.1, 0.15) is 30.6 Å². The lowest BCUT2D eigenvalue weighted by atomic mass is 10.2. The summed E-state index contributed by atoms with van der Waals surface area (Å²) in [6.07, 6.45) is 1.61. The molecule has 0 atom stereocenters. The van der Waals surface area contributed by atoms with Gasteiger partial charge in [0.15, 0.2) is 18.2 Å². The molecule has 0 amide bonds. The first-order valence-corrected chi connectivity index (χ1v) is 6.07. The second-order valence-electron chi connectivity index (χ2n) is 4.03. The molecule has 0 radical (unpaired) electrons. The Kier molecular flexibility index (Phi) is 4.46. The van der Waals surface area contributed by atoms with Crippen molar-refractivity contribution in [2.24, 2.45) is 0 Å². The average Bonchev–Trinajstić information content (AvgIpc) is 2.85. The summed E-state index contributed by atoms with van der Waals surface area (Å²) in [7, 11) is 0. The Hall–Kier alpha value is -1.95. The Labute approximate surface area is 110 Å². The third-order valence-electron chi connectivity index (χ3n) is 2.54. The van der Waals surface area contributed by atoms with Crippen molar-refractivity contribution in [1.82, 2.24) is 10.1 Å². The number of hydrogen-bond acceptors (Lipinski definition) is 5. The Bertz CT molecular complexity index is 542. The number of aromatic nitrogens is 2. The van der Waals surface area contributed by atoms with Crippen LogP contribution in [0.4, 0.5) is 4.39 Å². The molecule has 19 heavy (non-hydrogen) atoms. The molecular formula is C13H15FN2O3. The van der Waals surface area contributed by atoms with Crippen LogP contribution in [0.25, 0.3) is 0 Å². The van der Waals surface area contributed by atoms with Gasteiger partial charge in [0.1, 0.15) is 0 Å². The number of hydrogen-bond donors (Lipinski definition) is 1. The van der Waals surface area contributed by atoms with Gasteiger partial charge in [0.2, 0.25) is 11.7 Å². The van der Waals surface area contributed by atoms with Crippen molar-refractivity contribution in [2.45, 2.75) is 33.0 Å². The van der Waals surface area contributed by atoms with Gasteiger partial charge in [-0.05, 0) is 12.5 Å². The van der Waals surface area contributed by atoms with Gasteiger partial charge in [-0.2, -0.15) is 4.98 Å². The number of rotatable bonds is 6. The summed E-state index contributed by atoms with van der Waals surface area (Å²) in [6, 6.07) is 4.38. The zero-order chi connectivity index (χ0) is 13.7. The predicted molar refractivity (Wildman–Crippen MR) is 64.9 cm³/mol. The van der Waals surface area contributed by atoms with Crippen molar-refractivity contribution < 1.29 is 18.8 Å². The van der Waals surface area contributed by atoms with E-state index < -0.39 is 5.82 Å². The molecule has 0 aliphatic heterocycles. The SMILES string of the molecule is CCCc1nc(COc2c(F)cccc2CO)no1. The predicted octanol–water partition coefficient (Wildman–Crippen LogP) is 2.23. The fourth-order valence-electron chi connectivity index (χ4n) is 1.64. The smallest absolute Gasteiger partial charge is 0.226 e. The van der Waals surface area contributed by atoms with E-state index in [0.717, 1.165) is 6.42 Å². The van der Waals surface area contributed by atoms with E-state index in [9.17, 15) is 4.39 Å². The molecular weight excluding hydrogens is 251 g/mol. The number of halogens is 1. The zero-order valence-corrected chi connectivity index (χ0v) is 10.6. The highest BCUT2D eigenvalue weighted by atomic mass is 19.1. The fourth-order valence-corrected chi connectivity index (χ4v) is 1.64. The van der Waals surface area contributed by atoms with Crippen LogP contribution in [0, 0.1) is 5.82 Å². The highest BCUT2D eigenvalue weighted by molar-refractivity contribution is 5.34. The Morgan fingerprint density at radius 2 is 2.26 bits per heavy atom. The first-order valence-electron chi connectivity index (χ1n) is 6.07. The number of nitrogens with zero attached hydrogens (tertiary/aromatic N) is 2. The summed E-state index contributed by atoms with van der Waals surface area (Å²) < 4.78 is 23.9. The van der Waals surface area contributed by atoms with Gasteiger partial charge < -0.3 is 14.4 Å². The summed E-state index contributed by atoms with van der Waals surface area (Å²) >= 11 is 0. The quantitative estimate of drug-likeness (QED) is 0.868. The summed E-state index contributed by atoms with van der Waals surface area (Å²) in [4.78, 5) is 4.11. The van der Waals surface area contributed by atoms with Gasteiger partial charge >= 0.3 is 0 Å². The molecule has 1 aromatic heterocycles. The van der Waals surface area contributed by atoms with Gasteiger partial charge in [0.05, 0.1) is 6.61 Å². The summed E-state index contributed by atoms with van der Waals surface area (Å²) in [6.45, 7) is 1.72. The van der Waals surface area contributed by atoms with E-state index in [2.05, 4.69) is 10.1 Å². The van der Waals surface area contributed by atoms with E-state index in [1.165, 1.54) is 12.1 Å². The van der Waals surface area contributed by atoms with Crippen LogP contribution in [0.3, 0.4) is 0 Å². The molecule has 0 fully saturated rings. The van der Waals surface area contributed by atoms with E-state index in [0.29, 0.717) is 23.7 Å². The van der Waals surface area contributed by atoms with E-state index in [1.54, 1.807) is 6.07 Å². The maximum absolute atomic E-state index is 13.6. The largest absolute Gasteiger partial charge is 0.482 e. The van der Waals surface area contributed by atoms with Crippen molar-refractivity contribution in [1.29, 1.82) is 0 Å². The van der Waals surface area contributed by atoms with Gasteiger partial charge in [-0.25, -0.2) is 4.39 Å². The summed E-state index contributed by atoms with van der Waals surface area (Å²) in [5.41, 5.74) is 0.386. The Morgan fingerprint density at radius 3 is 3.00 bits per heavy atom. The van der Waals surface area contributed by atoms with Gasteiger partial charge in [0, 0.05) is 12.0 Å². The standard InChI is InChI=1S/C13H15FN2O3/c1-2-4-12-15-11(16-19-12)8-18-13-9(7-17)5-3-6-10(13)14/h3,5-6,17H,2,4,7-8H2,1H3. The molecule has 2 aromatic rings. The number of aliphatic hydroxyl groups excluding tert-OH is 1. The molecule has 0 bridgehead atoms. The summed E-state index contributed by atoms with van der Waals surface area (Å²) in [5, 5.41) is 12.9. The zero-order valence-electron chi connectivity index (χ0n) is 10.6. The molecule has 1 heterocycles. The van der Waals surface area contributed by atoms with Crippen LogP contribution < -0.4 is 4.74 Å². The Morgan fingerprint density at radius 1 is 1.42 bits per heavy atom. The lowest BCUT2D eigenvalue weighted by molar-refractivity contribution is 0.244. The minimum absolute atomic E-state index is 0.00114. The highest BCUT2D eigenvalue weighted by Crippen LogP contribution is 2.23. The van der Waals surface area contributed by atoms with Crippen LogP contribution in [-0.4, -0.2) is 15.2 Å². The molecule has 2 rings (SSSR count). The Balaban J connectivity index is 2.05. The number of aliphatic hydroxyl groups is 1. The maximum Gasteiger partial charge on any atom is 0.226 e. The molecule has 0 aliphatic rings. The molecule has 0 saturated heterocycles. The molecule has 6 heteroatoms. The maximum atomic E-state index is 13.6. The third kappa shape index (κ3) is 3.29. The topological polar surface area (TPSA) is 68.4 Å². The van der Waals surface area contributed by atoms with Gasteiger partial charge in [-0.3, -0.25) is 0 Å². The van der Waals surface area contributed by atoms with Gasteiger partial charge in [-0.15, -0.1) is 0 Å². The van der Waals surface area contributed by atoms with Crippen molar-refractivity contribution in [3.63, 3.8) is 0 Å². The van der Waals surface area contributed by atoms with Crippen LogP contribution in [0.2, 0.25) is 0 Å². The molecule has 0 unspecified atom stereocenters. The van der Waals surface area contributed by atoms with Gasteiger partial charge in [-0.1, -0.05) is 24.2 Å². The molecule has 1 aromatic carbocycles. The van der Waals surface area contributed by atoms with Crippen LogP contribution in [0.15, 0.2) is 22.7 Å². The van der Waals surface area contributed by atoms with Crippen LogP contribution in [0.5, 0.6) is 5.75 Å². The average molecular weight is 266 g/mol. The first-order chi connectivity index (χ1) is 9.24. The number of aryl methyl sites for hydroxylation is 1. The molecule has 1 N–H and O–H groups in total. The molecule has 5 nitrogen and oxygen atoms in total. The highest BCUT2D eigenvalue weighted by Gasteiger charge is 2.11. The van der Waals surface area contributed by atoms with Crippen molar-refractivity contribution in [2.75, 3.05) is 0 Å². The van der Waals surface area contributed by atoms with Crippen molar-refractivity contribution >= 4 is 0 Å². The lowest BCUT2D eigenvalue weighted by Crippen LogP contribution is -2.02. The van der Waals surface area contributed by atoms with E-state index in [4.69, 9.17) is 14.4 Å². The minimum Gasteiger partial charge on any atom is -0.482 e. The number of ether oxygens (including phenoxy) is 1. The van der Waals surface area contributed by atoms with Crippen LogP contribution >= 0.6 is 0 Å². The number of benzene rings is 1. The van der Waals surface area contributed by atoms with Crippen molar-refractivity contribution in [3.05, 3.63) is 41.3 Å². The monoisotopic (exact) mass is 266 g/mol. The number of para-hydroxylation sites is 1. The summed E-state index contributed by atoms with van der Waals surface area (Å²) in [5.74, 6) is 0.392. The minimum atomic E-state index is -0.524. The molecule has 0 spiro atoms. The lowest BCUT2D eigenvalue weighted by Gasteiger charge is -2.08. The normalized spacial score (nSPS) is 10.7. The molecule has 0 aliphatic carbocycles. The van der Waals surface area contributed by atoms with Crippen molar-refractivity contribution in [3.8, 4) is 5.75 Å². The van der Waals surface area contributed by atoms with E-state index >= 15 is 0 Å². The molecule has 102 valence electrons. The third-order valence-corrected chi connectivity index (χ3v) is 2.54. The second kappa shape index (κ2) is 6.29. The second-order valence-corrected chi connectivity index (χ2v) is 4.03. The van der Waals surface area contributed by atoms with E-state index in [1.807, 2.05) is 6.92 Å². The van der Waals surface area contributed by atoms with Crippen LogP contribution in [-0.2, 0) is 19.6 Å². The van der Waals surface area contributed by atoms with Gasteiger partial charge in [0.25, 0.3) is 0 Å². The van der Waals surface area contributed by atoms with E-state index in [-0.39, 0.29) is 19.0 Å². The fraction of sp³-hybridized carbons (Fsp3) is 0.385. The first kappa shape index (κ1) is 13.5.